The second-order valence-electron chi connectivity index (χ2n) is 5.07. The van der Waals surface area contributed by atoms with Gasteiger partial charge in [0.1, 0.15) is 0 Å². The molecule has 0 aliphatic carbocycles. The molecule has 0 bridgehead atoms. The van der Waals surface area contributed by atoms with Gasteiger partial charge in [-0.1, -0.05) is 65.0 Å². The molecule has 0 aromatic heterocycles. The zero-order valence-corrected chi connectivity index (χ0v) is 12.9. The van der Waals surface area contributed by atoms with Crippen molar-refractivity contribution in [3.63, 3.8) is 0 Å². The van der Waals surface area contributed by atoms with Crippen LogP contribution in [-0.2, 0) is 0 Å². The van der Waals surface area contributed by atoms with Gasteiger partial charge in [0.25, 0.3) is 0 Å². The van der Waals surface area contributed by atoms with Crippen LogP contribution in [-0.4, -0.2) is 5.54 Å². The Labute approximate surface area is 115 Å². The van der Waals surface area contributed by atoms with E-state index in [2.05, 4.69) is 27.4 Å². The summed E-state index contributed by atoms with van der Waals surface area (Å²) in [5.74, 6) is 0. The number of unbranched alkanes of at least 4 members (excludes halogenated alkanes) is 3. The fraction of sp³-hybridized carbons (Fsp3) is 0.867. The van der Waals surface area contributed by atoms with Crippen molar-refractivity contribution in [1.82, 2.24) is 0 Å². The van der Waals surface area contributed by atoms with Crippen molar-refractivity contribution in [3.8, 4) is 0 Å². The molecule has 0 aliphatic heterocycles. The first kappa shape index (κ1) is 19.3. The highest BCUT2D eigenvalue weighted by molar-refractivity contribution is 5.85. The van der Waals surface area contributed by atoms with Gasteiger partial charge in [0.05, 0.1) is 0 Å². The van der Waals surface area contributed by atoms with Crippen LogP contribution < -0.4 is 5.73 Å². The maximum atomic E-state index is 6.55. The molecule has 2 N–H and O–H groups in total. The average molecular weight is 262 g/mol. The van der Waals surface area contributed by atoms with Crippen molar-refractivity contribution in [2.24, 2.45) is 5.73 Å². The summed E-state index contributed by atoms with van der Waals surface area (Å²) in [6, 6.07) is 0. The Hall–Kier alpha value is -0.0100. The quantitative estimate of drug-likeness (QED) is 0.535. The summed E-state index contributed by atoms with van der Waals surface area (Å²) in [5.41, 5.74) is 7.76. The maximum Gasteiger partial charge on any atom is 0.0366 e. The maximum absolute atomic E-state index is 6.55. The second-order valence-corrected chi connectivity index (χ2v) is 5.07. The number of nitrogens with two attached hydrogens (primary N) is 1. The third-order valence-electron chi connectivity index (χ3n) is 3.49. The van der Waals surface area contributed by atoms with E-state index in [1.54, 1.807) is 0 Å². The summed E-state index contributed by atoms with van der Waals surface area (Å²) in [6.07, 6.45) is 10.7. The van der Waals surface area contributed by atoms with Crippen molar-refractivity contribution in [3.05, 3.63) is 12.2 Å². The second kappa shape index (κ2) is 11.1. The minimum Gasteiger partial charge on any atom is -0.322 e. The van der Waals surface area contributed by atoms with Gasteiger partial charge in [0.2, 0.25) is 0 Å². The van der Waals surface area contributed by atoms with Crippen molar-refractivity contribution in [1.29, 1.82) is 0 Å². The zero-order valence-electron chi connectivity index (χ0n) is 12.1. The molecule has 1 nitrogen and oxygen atoms in total. The Bertz CT molecular complexity index is 181. The third-order valence-corrected chi connectivity index (χ3v) is 3.49. The Morgan fingerprint density at radius 1 is 0.941 bits per heavy atom. The molecule has 0 heterocycles. The molecule has 0 amide bonds. The first-order chi connectivity index (χ1) is 7.60. The lowest BCUT2D eigenvalue weighted by Crippen LogP contribution is -2.41. The number of halogens is 1. The highest BCUT2D eigenvalue weighted by atomic mass is 35.5. The van der Waals surface area contributed by atoms with Gasteiger partial charge in [-0.15, -0.1) is 12.4 Å². The highest BCUT2D eigenvalue weighted by Crippen LogP contribution is 2.28. The molecule has 0 saturated carbocycles. The van der Waals surface area contributed by atoms with E-state index in [4.69, 9.17) is 5.73 Å². The van der Waals surface area contributed by atoms with E-state index >= 15 is 0 Å². The molecule has 0 rings (SSSR count). The van der Waals surface area contributed by atoms with Crippen LogP contribution in [0, 0.1) is 0 Å². The molecule has 104 valence electrons. The van der Waals surface area contributed by atoms with E-state index in [0.717, 1.165) is 19.3 Å². The van der Waals surface area contributed by atoms with E-state index in [1.807, 2.05) is 0 Å². The molecule has 0 saturated heterocycles. The summed E-state index contributed by atoms with van der Waals surface area (Å²) in [7, 11) is 0. The number of hydrogen-bond donors (Lipinski definition) is 1. The molecule has 17 heavy (non-hydrogen) atoms. The Morgan fingerprint density at radius 3 is 1.71 bits per heavy atom. The SMILES string of the molecule is C=C(CCCC)C(N)(CCCC)CCCC.Cl. The zero-order chi connectivity index (χ0) is 12.4. The third kappa shape index (κ3) is 7.83. The first-order valence-corrected chi connectivity index (χ1v) is 7.07. The highest BCUT2D eigenvalue weighted by Gasteiger charge is 2.26. The monoisotopic (exact) mass is 261 g/mol. The number of rotatable bonds is 10. The van der Waals surface area contributed by atoms with E-state index in [1.165, 1.54) is 44.1 Å². The van der Waals surface area contributed by atoms with Crippen LogP contribution >= 0.6 is 12.4 Å². The van der Waals surface area contributed by atoms with Gasteiger partial charge in [0, 0.05) is 5.54 Å². The van der Waals surface area contributed by atoms with E-state index in [0.29, 0.717) is 0 Å². The van der Waals surface area contributed by atoms with Crippen molar-refractivity contribution < 1.29 is 0 Å². The normalized spacial score (nSPS) is 11.1. The summed E-state index contributed by atoms with van der Waals surface area (Å²) in [4.78, 5) is 0. The predicted octanol–water partition coefficient (Wildman–Crippen LogP) is 5.23. The Kier molecular flexibility index (Phi) is 12.6. The molecule has 0 aromatic rings. The molecular weight excluding hydrogens is 230 g/mol. The minimum atomic E-state index is -0.0822. The van der Waals surface area contributed by atoms with Crippen LogP contribution in [0.25, 0.3) is 0 Å². The first-order valence-electron chi connectivity index (χ1n) is 7.07. The Morgan fingerprint density at radius 2 is 1.35 bits per heavy atom. The predicted molar refractivity (Wildman–Crippen MR) is 81.9 cm³/mol. The molecule has 0 atom stereocenters. The lowest BCUT2D eigenvalue weighted by atomic mass is 9.80. The lowest BCUT2D eigenvalue weighted by molar-refractivity contribution is 0.387. The summed E-state index contributed by atoms with van der Waals surface area (Å²) in [5, 5.41) is 0. The smallest absolute Gasteiger partial charge is 0.0366 e. The molecular formula is C15H32ClN. The number of hydrogen-bond acceptors (Lipinski definition) is 1. The van der Waals surface area contributed by atoms with Gasteiger partial charge in [-0.05, 0) is 25.7 Å². The Balaban J connectivity index is 0. The van der Waals surface area contributed by atoms with E-state index in [9.17, 15) is 0 Å². The fourth-order valence-corrected chi connectivity index (χ4v) is 2.10. The summed E-state index contributed by atoms with van der Waals surface area (Å²) >= 11 is 0. The summed E-state index contributed by atoms with van der Waals surface area (Å²) in [6.45, 7) is 10.9. The fourth-order valence-electron chi connectivity index (χ4n) is 2.10. The van der Waals surface area contributed by atoms with Crippen LogP contribution in [0.15, 0.2) is 12.2 Å². The molecule has 0 spiro atoms. The van der Waals surface area contributed by atoms with Crippen molar-refractivity contribution in [2.45, 2.75) is 84.1 Å². The molecule has 0 unspecified atom stereocenters. The van der Waals surface area contributed by atoms with Gasteiger partial charge in [0.15, 0.2) is 0 Å². The van der Waals surface area contributed by atoms with Crippen molar-refractivity contribution >= 4 is 12.4 Å². The summed E-state index contributed by atoms with van der Waals surface area (Å²) < 4.78 is 0. The van der Waals surface area contributed by atoms with Crippen LogP contribution in [0.1, 0.15) is 78.6 Å². The van der Waals surface area contributed by atoms with E-state index < -0.39 is 0 Å². The van der Waals surface area contributed by atoms with E-state index in [-0.39, 0.29) is 17.9 Å². The minimum absolute atomic E-state index is 0. The molecule has 0 fully saturated rings. The van der Waals surface area contributed by atoms with Gasteiger partial charge in [-0.2, -0.15) is 0 Å². The molecule has 0 aromatic carbocycles. The van der Waals surface area contributed by atoms with Gasteiger partial charge in [-0.3, -0.25) is 0 Å². The standard InChI is InChI=1S/C15H31N.ClH/c1-5-8-11-14(4)15(16,12-9-6-2)13-10-7-3;/h4-13,16H2,1-3H3;1H. The largest absolute Gasteiger partial charge is 0.322 e. The van der Waals surface area contributed by atoms with Crippen LogP contribution in [0.4, 0.5) is 0 Å². The van der Waals surface area contributed by atoms with Crippen LogP contribution in [0.3, 0.4) is 0 Å². The van der Waals surface area contributed by atoms with Crippen LogP contribution in [0.2, 0.25) is 0 Å². The van der Waals surface area contributed by atoms with Gasteiger partial charge in [-0.25, -0.2) is 0 Å². The lowest BCUT2D eigenvalue weighted by Gasteiger charge is -2.32. The van der Waals surface area contributed by atoms with Crippen molar-refractivity contribution in [2.75, 3.05) is 0 Å². The molecule has 0 aliphatic rings. The topological polar surface area (TPSA) is 26.0 Å². The van der Waals surface area contributed by atoms with Gasteiger partial charge < -0.3 is 5.73 Å². The average Bonchev–Trinajstić information content (AvgIpc) is 2.30. The molecule has 0 radical (unpaired) electrons. The molecule has 2 heteroatoms. The van der Waals surface area contributed by atoms with Gasteiger partial charge >= 0.3 is 0 Å². The van der Waals surface area contributed by atoms with Crippen LogP contribution in [0.5, 0.6) is 0 Å².